The summed E-state index contributed by atoms with van der Waals surface area (Å²) < 4.78 is 58.3. The van der Waals surface area contributed by atoms with Crippen LogP contribution in [0, 0.1) is 32.5 Å². The van der Waals surface area contributed by atoms with Crippen LogP contribution in [0.5, 0.6) is 11.5 Å². The van der Waals surface area contributed by atoms with Crippen molar-refractivity contribution in [3.63, 3.8) is 0 Å². The molecule has 18 heteroatoms. The van der Waals surface area contributed by atoms with E-state index >= 15 is 0 Å². The Balaban J connectivity index is 1.20. The maximum Gasteiger partial charge on any atom is 0.407 e. The van der Waals surface area contributed by atoms with Crippen molar-refractivity contribution in [2.45, 2.75) is 164 Å². The van der Waals surface area contributed by atoms with Gasteiger partial charge in [0.1, 0.15) is 50.1 Å². The summed E-state index contributed by atoms with van der Waals surface area (Å²) in [4.78, 5) is 52.7. The molecule has 2 fully saturated rings. The van der Waals surface area contributed by atoms with Crippen LogP contribution in [-0.2, 0) is 43.3 Å². The highest BCUT2D eigenvalue weighted by atomic mass is 16.6. The lowest BCUT2D eigenvalue weighted by Gasteiger charge is -2.46. The fourth-order valence-electron chi connectivity index (χ4n) is 12.5. The average Bonchev–Trinajstić information content (AvgIpc) is 1.60. The Bertz CT molecular complexity index is 2290. The predicted molar refractivity (Wildman–Crippen MR) is 341 cm³/mol. The molecule has 18 nitrogen and oxygen atoms in total. The number of alkyl carbamates (subject to hydrolysis) is 4. The predicted octanol–water partition coefficient (Wildman–Crippen LogP) is 13.2. The summed E-state index contributed by atoms with van der Waals surface area (Å²) >= 11 is 0. The lowest BCUT2D eigenvalue weighted by atomic mass is 9.62. The molecule has 0 radical (unpaired) electrons. The number of nitrogens with one attached hydrogen (secondary N) is 4. The number of rotatable bonds is 38. The smallest absolute Gasteiger partial charge is 0.407 e. The van der Waals surface area contributed by atoms with Crippen LogP contribution in [0.3, 0.4) is 0 Å². The Morgan fingerprint density at radius 3 is 1.14 bits per heavy atom. The van der Waals surface area contributed by atoms with Gasteiger partial charge in [-0.3, -0.25) is 0 Å². The molecule has 0 aliphatic heterocycles. The van der Waals surface area contributed by atoms with E-state index in [0.29, 0.717) is 103 Å². The third-order valence-corrected chi connectivity index (χ3v) is 16.7. The second kappa shape index (κ2) is 34.6. The highest BCUT2D eigenvalue weighted by Crippen LogP contribution is 2.47. The first-order valence-corrected chi connectivity index (χ1v) is 31.1. The van der Waals surface area contributed by atoms with Crippen LogP contribution in [0.2, 0.25) is 0 Å². The summed E-state index contributed by atoms with van der Waals surface area (Å²) in [6.45, 7) is 44.1. The zero-order valence-electron chi connectivity index (χ0n) is 54.8. The van der Waals surface area contributed by atoms with Gasteiger partial charge in [-0.25, -0.2) is 19.2 Å². The number of carbonyl (C=O) groups is 4. The number of ether oxygens (including phenoxy) is 10. The first-order valence-electron chi connectivity index (χ1n) is 31.1. The van der Waals surface area contributed by atoms with Gasteiger partial charge in [0.05, 0.1) is 63.7 Å². The van der Waals surface area contributed by atoms with E-state index in [0.717, 1.165) is 36.8 Å². The zero-order chi connectivity index (χ0) is 64.4. The lowest BCUT2D eigenvalue weighted by molar-refractivity contribution is -0.0467. The second-order valence-electron chi connectivity index (χ2n) is 27.3. The van der Waals surface area contributed by atoms with Gasteiger partial charge in [0.2, 0.25) is 0 Å². The third-order valence-electron chi connectivity index (χ3n) is 16.7. The third kappa shape index (κ3) is 25.5. The van der Waals surface area contributed by atoms with Crippen molar-refractivity contribution in [3.8, 4) is 11.5 Å². The van der Waals surface area contributed by atoms with E-state index in [1.54, 1.807) is 38.2 Å². The van der Waals surface area contributed by atoms with Crippen molar-refractivity contribution >= 4 is 24.4 Å². The van der Waals surface area contributed by atoms with Gasteiger partial charge < -0.3 is 68.6 Å². The molecule has 2 aromatic carbocycles. The Morgan fingerprint density at radius 2 is 0.839 bits per heavy atom. The Kier molecular flexibility index (Phi) is 29.2. The monoisotopic (exact) mass is 1220 g/mol. The van der Waals surface area contributed by atoms with Crippen LogP contribution in [0.1, 0.15) is 146 Å². The van der Waals surface area contributed by atoms with Gasteiger partial charge in [0, 0.05) is 30.6 Å². The van der Waals surface area contributed by atoms with Gasteiger partial charge in [0.25, 0.3) is 0 Å². The van der Waals surface area contributed by atoms with Gasteiger partial charge >= 0.3 is 24.4 Å². The molecular weight excluding hydrogens is 1110 g/mol. The van der Waals surface area contributed by atoms with Gasteiger partial charge in [-0.1, -0.05) is 118 Å². The number of hydrogen-bond acceptors (Lipinski definition) is 14. The maximum absolute atomic E-state index is 13.3. The summed E-state index contributed by atoms with van der Waals surface area (Å²) in [5.41, 5.74) is -0.0976. The largest absolute Gasteiger partial charge is 0.490 e. The molecule has 4 rings (SSSR count). The molecule has 4 amide bonds. The van der Waals surface area contributed by atoms with E-state index in [-0.39, 0.29) is 65.6 Å². The standard InChI is InChI=1S/C69H108N4O14/c1-17-31-78-45-68(21-5,46-79-32-18-2)49-84-59(74)70-43-66(15)37-55(35-63(9,10)41-66)72-61(76)86-51(7)39-82-57-27-23-53(24-28-57)65(13,14)54-25-29-58(30-26-54)83-40-52(8)87-62(77)73-56-36-64(11,12)42-67(16,38-56)44-71-60(75)85-50-69(22-6,47-80-33-19-3)48-81-34-20-4/h17-20,23-30,51-52,55-56H,1-4,21-22,31-50H2,5-16H3,(H,70,74)(H,71,75)(H,72,76)(H,73,77). The molecule has 0 aromatic heterocycles. The summed E-state index contributed by atoms with van der Waals surface area (Å²) in [6.07, 6.45) is 9.47. The maximum atomic E-state index is 13.3. The quantitative estimate of drug-likeness (QED) is 0.0280. The van der Waals surface area contributed by atoms with Gasteiger partial charge in [-0.15, -0.1) is 26.3 Å². The molecule has 488 valence electrons. The van der Waals surface area contributed by atoms with Crippen molar-refractivity contribution in [3.05, 3.63) is 110 Å². The molecular formula is C69H108N4O14. The first kappa shape index (κ1) is 73.4. The summed E-state index contributed by atoms with van der Waals surface area (Å²) in [5.74, 6) is 1.29. The number of amides is 4. The minimum atomic E-state index is -0.531. The summed E-state index contributed by atoms with van der Waals surface area (Å²) in [5, 5.41) is 12.2. The van der Waals surface area contributed by atoms with Crippen molar-refractivity contribution in [1.82, 2.24) is 21.3 Å². The fraction of sp³-hybridized carbons (Fsp3) is 0.652. The minimum Gasteiger partial charge on any atom is -0.490 e. The molecule has 0 heterocycles. The van der Waals surface area contributed by atoms with Crippen LogP contribution >= 0.6 is 0 Å². The SMILES string of the molecule is C=CCOCC(CC)(COCC=C)COC(=O)NCC1(C)CC(NC(=O)OC(C)COc2ccc(C(C)(C)c3ccc(OCC(C)OC(=O)NC4CC(C)(C)CC(C)(CNC(=O)OCC(CC)(COCC=C)COCC=C)C4)cc3)cc2)CC(C)(C)C1. The molecule has 0 saturated heterocycles. The normalized spacial score (nSPS) is 20.7. The average molecular weight is 1220 g/mol. The van der Waals surface area contributed by atoms with Crippen LogP contribution in [0.25, 0.3) is 0 Å². The Labute approximate surface area is 521 Å². The number of benzene rings is 2. The van der Waals surface area contributed by atoms with E-state index in [4.69, 9.17) is 47.4 Å². The zero-order valence-corrected chi connectivity index (χ0v) is 54.8. The summed E-state index contributed by atoms with van der Waals surface area (Å²) in [7, 11) is 0. The lowest BCUT2D eigenvalue weighted by Crippen LogP contribution is -2.51. The molecule has 87 heavy (non-hydrogen) atoms. The Morgan fingerprint density at radius 1 is 0.517 bits per heavy atom. The summed E-state index contributed by atoms with van der Waals surface area (Å²) in [6, 6.07) is 15.5. The van der Waals surface area contributed by atoms with Gasteiger partial charge in [-0.2, -0.15) is 0 Å². The molecule has 0 bridgehead atoms. The molecule has 6 unspecified atom stereocenters. The highest BCUT2D eigenvalue weighted by molar-refractivity contribution is 5.69. The molecule has 4 N–H and O–H groups in total. The van der Waals surface area contributed by atoms with Crippen LogP contribution in [0.15, 0.2) is 99.2 Å². The molecule has 6 atom stereocenters. The molecule has 2 saturated carbocycles. The molecule has 2 aliphatic rings. The topological polar surface area (TPSA) is 209 Å². The molecule has 2 aromatic rings. The van der Waals surface area contributed by atoms with E-state index in [2.05, 4.69) is 103 Å². The van der Waals surface area contributed by atoms with E-state index in [1.165, 1.54) is 0 Å². The van der Waals surface area contributed by atoms with Crippen molar-refractivity contribution in [2.75, 3.05) is 92.4 Å². The number of hydrogen-bond donors (Lipinski definition) is 4. The van der Waals surface area contributed by atoms with Crippen LogP contribution in [0.4, 0.5) is 19.2 Å². The van der Waals surface area contributed by atoms with Gasteiger partial charge in [-0.05, 0) is 122 Å². The number of carbonyl (C=O) groups excluding carboxylic acids is 4. The Hall–Kier alpha value is -6.08. The van der Waals surface area contributed by atoms with Gasteiger partial charge in [0.15, 0.2) is 0 Å². The van der Waals surface area contributed by atoms with E-state index in [1.807, 2.05) is 62.4 Å². The molecule has 0 spiro atoms. The highest BCUT2D eigenvalue weighted by Gasteiger charge is 2.44. The van der Waals surface area contributed by atoms with Crippen LogP contribution in [-0.4, -0.2) is 141 Å². The fourth-order valence-corrected chi connectivity index (χ4v) is 12.5. The second-order valence-corrected chi connectivity index (χ2v) is 27.3. The minimum absolute atomic E-state index is 0.110. The first-order chi connectivity index (χ1) is 41.1. The van der Waals surface area contributed by atoms with Crippen molar-refractivity contribution in [1.29, 1.82) is 0 Å². The van der Waals surface area contributed by atoms with E-state index in [9.17, 15) is 19.2 Å². The van der Waals surface area contributed by atoms with Crippen LogP contribution < -0.4 is 30.7 Å². The van der Waals surface area contributed by atoms with Crippen molar-refractivity contribution in [2.24, 2.45) is 32.5 Å². The van der Waals surface area contributed by atoms with E-state index < -0.39 is 47.4 Å². The van der Waals surface area contributed by atoms with Crippen molar-refractivity contribution < 1.29 is 66.5 Å². The molecule has 2 aliphatic carbocycles.